The summed E-state index contributed by atoms with van der Waals surface area (Å²) in [6.45, 7) is 13.0. The maximum absolute atomic E-state index is 14.1. The highest BCUT2D eigenvalue weighted by Gasteiger charge is 2.38. The Kier molecular flexibility index (Phi) is 13.1. The third kappa shape index (κ3) is 11.3. The number of hydrogen-bond acceptors (Lipinski definition) is 8. The smallest absolute Gasteiger partial charge is 0.407 e. The minimum absolute atomic E-state index is 0.0216. The summed E-state index contributed by atoms with van der Waals surface area (Å²) in [6.07, 6.45) is -1.04. The number of hydrogen-bond donors (Lipinski definition) is 3. The van der Waals surface area contributed by atoms with Gasteiger partial charge in [-0.2, -0.15) is 0 Å². The number of benzene rings is 3. The van der Waals surface area contributed by atoms with Gasteiger partial charge in [0.1, 0.15) is 18.0 Å². The van der Waals surface area contributed by atoms with E-state index in [1.54, 1.807) is 25.7 Å². The fourth-order valence-electron chi connectivity index (χ4n) is 7.14. The molecule has 0 radical (unpaired) electrons. The van der Waals surface area contributed by atoms with Gasteiger partial charge < -0.3 is 34.6 Å². The van der Waals surface area contributed by atoms with E-state index < -0.39 is 36.0 Å². The Morgan fingerprint density at radius 2 is 1.63 bits per heavy atom. The van der Waals surface area contributed by atoms with Gasteiger partial charge in [-0.1, -0.05) is 66.7 Å². The van der Waals surface area contributed by atoms with Crippen molar-refractivity contribution in [1.29, 1.82) is 0 Å². The van der Waals surface area contributed by atoms with Gasteiger partial charge in [-0.05, 0) is 81.8 Å². The molecule has 10 nitrogen and oxygen atoms in total. The molecule has 2 unspecified atom stereocenters. The van der Waals surface area contributed by atoms with Crippen molar-refractivity contribution >= 4 is 12.0 Å². The third-order valence-corrected chi connectivity index (χ3v) is 9.39. The van der Waals surface area contributed by atoms with E-state index in [4.69, 9.17) is 14.2 Å². The molecule has 0 spiro atoms. The monoisotopic (exact) mass is 701 g/mol. The standard InChI is InChI=1S/C41H55N3O7/c1-28-25-43(26-29(2)50-28)21-22-49-33-17-15-31(16-18-33)27-44(39-34-14-10-9-13-32(34)24-37(39)46)38(47)20-19-36(45)35(23-30-11-7-6-8-12-30)42-40(48)51-41(3,4)5/h6-18,28-29,35-37,39,45-46H,19-27H2,1-5H3,(H,42,48)/t28?,29?,35-,36-,37+,39-/m0/s1. The van der Waals surface area contributed by atoms with Gasteiger partial charge in [-0.15, -0.1) is 0 Å². The number of alkyl carbamates (subject to hydrolysis) is 1. The van der Waals surface area contributed by atoms with Crippen LogP contribution in [-0.4, -0.2) is 94.3 Å². The minimum atomic E-state index is -1.02. The van der Waals surface area contributed by atoms with Crippen molar-refractivity contribution in [2.45, 2.75) is 109 Å². The second-order valence-electron chi connectivity index (χ2n) is 15.0. The van der Waals surface area contributed by atoms with Crippen molar-refractivity contribution in [3.63, 3.8) is 0 Å². The van der Waals surface area contributed by atoms with Gasteiger partial charge >= 0.3 is 6.09 Å². The molecule has 10 heteroatoms. The van der Waals surface area contributed by atoms with E-state index in [2.05, 4.69) is 24.1 Å². The van der Waals surface area contributed by atoms with E-state index in [9.17, 15) is 19.8 Å². The number of amides is 2. The van der Waals surface area contributed by atoms with Crippen LogP contribution in [0.4, 0.5) is 4.79 Å². The zero-order valence-electron chi connectivity index (χ0n) is 30.7. The number of morpholine rings is 1. The SMILES string of the molecule is CC1CN(CCOc2ccc(CN(C(=O)CC[C@H](O)[C@H](Cc3ccccc3)NC(=O)OC(C)(C)C)[C@H]3c4ccccc4C[C@H]3O)cc2)CC(C)O1. The number of carbonyl (C=O) groups excluding carboxylic acids is 2. The molecule has 5 rings (SSSR count). The molecule has 1 aliphatic carbocycles. The van der Waals surface area contributed by atoms with Crippen molar-refractivity contribution in [2.24, 2.45) is 0 Å². The van der Waals surface area contributed by atoms with Crippen LogP contribution in [0.1, 0.15) is 75.8 Å². The number of rotatable bonds is 14. The molecule has 3 N–H and O–H groups in total. The van der Waals surface area contributed by atoms with Gasteiger partial charge in [-0.3, -0.25) is 9.69 Å². The molecule has 0 saturated carbocycles. The molecule has 2 amide bonds. The van der Waals surface area contributed by atoms with Crippen LogP contribution in [-0.2, 0) is 33.7 Å². The van der Waals surface area contributed by atoms with Gasteiger partial charge in [0.25, 0.3) is 0 Å². The van der Waals surface area contributed by atoms with Crippen LogP contribution in [0.2, 0.25) is 0 Å². The van der Waals surface area contributed by atoms with Crippen LogP contribution in [0.25, 0.3) is 0 Å². The first-order chi connectivity index (χ1) is 24.3. The first-order valence-corrected chi connectivity index (χ1v) is 18.2. The molecule has 0 aromatic heterocycles. The summed E-state index contributed by atoms with van der Waals surface area (Å²) in [4.78, 5) is 31.0. The number of aliphatic hydroxyl groups excluding tert-OH is 2. The Hall–Kier alpha value is -3.96. The van der Waals surface area contributed by atoms with Crippen LogP contribution >= 0.6 is 0 Å². The predicted octanol–water partition coefficient (Wildman–Crippen LogP) is 5.44. The number of carbonyl (C=O) groups is 2. The van der Waals surface area contributed by atoms with E-state index in [-0.39, 0.29) is 37.5 Å². The summed E-state index contributed by atoms with van der Waals surface area (Å²) in [6, 6.07) is 24.0. The second-order valence-corrected chi connectivity index (χ2v) is 15.0. The van der Waals surface area contributed by atoms with Crippen LogP contribution < -0.4 is 10.1 Å². The zero-order chi connectivity index (χ0) is 36.5. The summed E-state index contributed by atoms with van der Waals surface area (Å²) >= 11 is 0. The van der Waals surface area contributed by atoms with Crippen LogP contribution in [0.5, 0.6) is 5.75 Å². The van der Waals surface area contributed by atoms with Gasteiger partial charge in [0, 0.05) is 39.0 Å². The highest BCUT2D eigenvalue weighted by Crippen LogP contribution is 2.37. The summed E-state index contributed by atoms with van der Waals surface area (Å²) < 4.78 is 17.4. The summed E-state index contributed by atoms with van der Waals surface area (Å²) in [5, 5.41) is 25.5. The number of fused-ring (bicyclic) bond motifs is 1. The fourth-order valence-corrected chi connectivity index (χ4v) is 7.14. The molecule has 1 aliphatic heterocycles. The summed E-state index contributed by atoms with van der Waals surface area (Å²) in [7, 11) is 0. The highest BCUT2D eigenvalue weighted by molar-refractivity contribution is 5.77. The van der Waals surface area contributed by atoms with Crippen LogP contribution in [0, 0.1) is 0 Å². The largest absolute Gasteiger partial charge is 0.492 e. The number of nitrogens with zero attached hydrogens (tertiary/aromatic N) is 2. The molecule has 6 atom stereocenters. The molecule has 1 fully saturated rings. The Labute approximate surface area is 302 Å². The maximum atomic E-state index is 14.1. The Morgan fingerprint density at radius 3 is 2.31 bits per heavy atom. The van der Waals surface area contributed by atoms with Crippen molar-refractivity contribution < 1.29 is 34.0 Å². The summed E-state index contributed by atoms with van der Waals surface area (Å²) in [5.74, 6) is 0.558. The van der Waals surface area contributed by atoms with Crippen LogP contribution in [0.3, 0.4) is 0 Å². The highest BCUT2D eigenvalue weighted by atomic mass is 16.6. The molecule has 276 valence electrons. The van der Waals surface area contributed by atoms with Crippen molar-refractivity contribution in [3.8, 4) is 5.75 Å². The average molecular weight is 702 g/mol. The lowest BCUT2D eigenvalue weighted by Gasteiger charge is -2.35. The lowest BCUT2D eigenvalue weighted by atomic mass is 9.97. The molecule has 0 bridgehead atoms. The zero-order valence-corrected chi connectivity index (χ0v) is 30.7. The lowest BCUT2D eigenvalue weighted by Crippen LogP contribution is -2.47. The topological polar surface area (TPSA) is 121 Å². The number of ether oxygens (including phenoxy) is 3. The number of aliphatic hydroxyl groups is 2. The van der Waals surface area contributed by atoms with E-state index in [1.165, 1.54) is 0 Å². The minimum Gasteiger partial charge on any atom is -0.492 e. The quantitative estimate of drug-likeness (QED) is 0.203. The van der Waals surface area contributed by atoms with E-state index >= 15 is 0 Å². The predicted molar refractivity (Wildman–Crippen MR) is 196 cm³/mol. The molecular weight excluding hydrogens is 646 g/mol. The fraction of sp³-hybridized carbons (Fsp3) is 0.512. The molecule has 1 saturated heterocycles. The average Bonchev–Trinajstić information content (AvgIpc) is 3.40. The van der Waals surface area contributed by atoms with Gasteiger partial charge in [0.05, 0.1) is 36.5 Å². The van der Waals surface area contributed by atoms with Crippen molar-refractivity contribution in [2.75, 3.05) is 26.2 Å². The maximum Gasteiger partial charge on any atom is 0.407 e. The van der Waals surface area contributed by atoms with Crippen LogP contribution in [0.15, 0.2) is 78.9 Å². The molecule has 2 aliphatic rings. The first kappa shape index (κ1) is 38.3. The Bertz CT molecular complexity index is 1550. The Balaban J connectivity index is 1.26. The Morgan fingerprint density at radius 1 is 0.961 bits per heavy atom. The molecule has 3 aromatic carbocycles. The van der Waals surface area contributed by atoms with E-state index in [1.807, 2.05) is 78.9 Å². The summed E-state index contributed by atoms with van der Waals surface area (Å²) in [5.41, 5.74) is 3.09. The molecular formula is C41H55N3O7. The van der Waals surface area contributed by atoms with Gasteiger partial charge in [0.2, 0.25) is 5.91 Å². The van der Waals surface area contributed by atoms with Gasteiger partial charge in [-0.25, -0.2) is 4.79 Å². The van der Waals surface area contributed by atoms with Crippen molar-refractivity contribution in [3.05, 3.63) is 101 Å². The van der Waals surface area contributed by atoms with Crippen molar-refractivity contribution in [1.82, 2.24) is 15.1 Å². The third-order valence-electron chi connectivity index (χ3n) is 9.39. The first-order valence-electron chi connectivity index (χ1n) is 18.2. The molecule has 51 heavy (non-hydrogen) atoms. The normalized spacial score (nSPS) is 21.7. The second kappa shape index (κ2) is 17.5. The molecule has 3 aromatic rings. The number of nitrogens with one attached hydrogen (secondary N) is 1. The van der Waals surface area contributed by atoms with E-state index in [0.29, 0.717) is 19.4 Å². The molecule has 1 heterocycles. The van der Waals surface area contributed by atoms with Gasteiger partial charge in [0.15, 0.2) is 0 Å². The van der Waals surface area contributed by atoms with E-state index in [0.717, 1.165) is 47.6 Å². The lowest BCUT2D eigenvalue weighted by molar-refractivity contribution is -0.137.